The number of carboxylic acid groups (broad SMARTS) is 1. The van der Waals surface area contributed by atoms with Gasteiger partial charge in [0.25, 0.3) is 0 Å². The van der Waals surface area contributed by atoms with Crippen molar-refractivity contribution in [2.24, 2.45) is 23.7 Å². The highest BCUT2D eigenvalue weighted by atomic mass is 16.6. The van der Waals surface area contributed by atoms with Crippen LogP contribution in [-0.2, 0) is 46.2 Å². The molecule has 0 spiro atoms. The van der Waals surface area contributed by atoms with E-state index in [0.717, 1.165) is 37.8 Å². The van der Waals surface area contributed by atoms with Crippen LogP contribution in [0.5, 0.6) is 0 Å². The van der Waals surface area contributed by atoms with Crippen LogP contribution in [0.3, 0.4) is 0 Å². The fourth-order valence-corrected chi connectivity index (χ4v) is 9.85. The van der Waals surface area contributed by atoms with Gasteiger partial charge < -0.3 is 29.0 Å². The molecule has 3 aliphatic heterocycles. The quantitative estimate of drug-likeness (QED) is 0.123. The molecule has 8 atom stereocenters. The predicted molar refractivity (Wildman–Crippen MR) is 246 cm³/mol. The minimum absolute atomic E-state index is 0.0921. The van der Waals surface area contributed by atoms with Crippen LogP contribution < -0.4 is 5.11 Å². The van der Waals surface area contributed by atoms with Gasteiger partial charge in [-0.15, -0.1) is 0 Å². The molecule has 3 aliphatic rings. The Morgan fingerprint density at radius 2 is 1.38 bits per heavy atom. The standard InChI is InChI=1S/C28H44N2O6.C23H34N2O3/c1-19(2)16-24(25(31)32)29-18-30(27(34)36-28(4,5)6)23(17-21-13-9-8-10-14-21)22(29)15-11-12-20(3)26(33)35-7;1-16(2)14-21-22(26)24(17(3)23(27)28-4)13-11-20-19(10-12-25(20)21)15-18-8-6-5-7-9-18/h8-10,13-14,19-20,22-24H,11-12,15-18H2,1-7H3,(H,31,32);5-9,16-17,19-21H,10-15H2,1-4H3/p-1/t20-,22+,23-,24+;17-,19-,20-,21-/m10/s1. The number of carboxylic acids is 1. The van der Waals surface area contributed by atoms with Gasteiger partial charge in [-0.25, -0.2) is 9.59 Å². The topological polar surface area (TPSA) is 149 Å². The van der Waals surface area contributed by atoms with Crippen molar-refractivity contribution in [3.8, 4) is 0 Å². The zero-order chi connectivity index (χ0) is 47.3. The molecule has 13 nitrogen and oxygen atoms in total. The highest BCUT2D eigenvalue weighted by Gasteiger charge is 2.47. The van der Waals surface area contributed by atoms with Gasteiger partial charge in [0.1, 0.15) is 11.6 Å². The lowest BCUT2D eigenvalue weighted by atomic mass is 9.90. The largest absolute Gasteiger partial charge is 0.548 e. The van der Waals surface area contributed by atoms with Gasteiger partial charge in [-0.1, -0.05) is 102 Å². The second-order valence-corrected chi connectivity index (χ2v) is 20.0. The number of methoxy groups -OCH3 is 2. The van der Waals surface area contributed by atoms with Crippen LogP contribution in [0.25, 0.3) is 0 Å². The molecule has 2 amide bonds. The van der Waals surface area contributed by atoms with Crippen molar-refractivity contribution in [3.05, 3.63) is 71.8 Å². The Hall–Kier alpha value is -4.49. The van der Waals surface area contributed by atoms with E-state index in [2.05, 4.69) is 49.1 Å². The van der Waals surface area contributed by atoms with Crippen LogP contribution in [0.15, 0.2) is 60.7 Å². The Bertz CT molecular complexity index is 1800. The van der Waals surface area contributed by atoms with Gasteiger partial charge >= 0.3 is 18.0 Å². The minimum atomic E-state index is -1.14. The highest BCUT2D eigenvalue weighted by Crippen LogP contribution is 2.37. The Morgan fingerprint density at radius 1 is 0.781 bits per heavy atom. The first-order chi connectivity index (χ1) is 30.3. The molecule has 0 bridgehead atoms. The van der Waals surface area contributed by atoms with E-state index in [1.807, 2.05) is 76.8 Å². The van der Waals surface area contributed by atoms with E-state index in [1.165, 1.54) is 19.8 Å². The van der Waals surface area contributed by atoms with Crippen LogP contribution in [0.4, 0.5) is 4.79 Å². The number of aliphatic carboxylic acids is 1. The third kappa shape index (κ3) is 14.5. The number of rotatable bonds is 17. The number of nitrogens with zero attached hydrogens (tertiary/aromatic N) is 4. The van der Waals surface area contributed by atoms with Gasteiger partial charge in [0.2, 0.25) is 5.91 Å². The van der Waals surface area contributed by atoms with Crippen LogP contribution in [-0.4, -0.2) is 125 Å². The maximum atomic E-state index is 13.4. The summed E-state index contributed by atoms with van der Waals surface area (Å²) in [6.07, 6.45) is 6.38. The summed E-state index contributed by atoms with van der Waals surface area (Å²) in [5.74, 6) is -0.783. The molecule has 356 valence electrons. The van der Waals surface area contributed by atoms with Crippen molar-refractivity contribution in [2.45, 2.75) is 162 Å². The highest BCUT2D eigenvalue weighted by molar-refractivity contribution is 5.87. The number of carbonyl (C=O) groups is 5. The summed E-state index contributed by atoms with van der Waals surface area (Å²) in [5, 5.41) is 12.3. The zero-order valence-corrected chi connectivity index (χ0v) is 40.5. The first kappa shape index (κ1) is 52.1. The molecular weight excluding hydrogens is 813 g/mol. The Balaban J connectivity index is 0.000000289. The summed E-state index contributed by atoms with van der Waals surface area (Å²) in [6, 6.07) is 18.9. The average molecular weight is 890 g/mol. The zero-order valence-electron chi connectivity index (χ0n) is 40.5. The van der Waals surface area contributed by atoms with E-state index in [0.29, 0.717) is 56.5 Å². The monoisotopic (exact) mass is 890 g/mol. The van der Waals surface area contributed by atoms with Gasteiger partial charge in [0.05, 0.1) is 50.9 Å². The molecule has 3 fully saturated rings. The molecule has 2 aromatic carbocycles. The van der Waals surface area contributed by atoms with E-state index in [1.54, 1.807) is 16.7 Å². The van der Waals surface area contributed by atoms with Crippen LogP contribution in [0.1, 0.15) is 118 Å². The summed E-state index contributed by atoms with van der Waals surface area (Å²) < 4.78 is 15.5. The van der Waals surface area contributed by atoms with E-state index in [9.17, 15) is 29.1 Å². The molecule has 0 aliphatic carbocycles. The lowest BCUT2D eigenvalue weighted by molar-refractivity contribution is -0.312. The van der Waals surface area contributed by atoms with Gasteiger partial charge in [-0.05, 0) is 114 Å². The van der Waals surface area contributed by atoms with E-state index >= 15 is 0 Å². The Morgan fingerprint density at radius 3 is 1.91 bits per heavy atom. The van der Waals surface area contributed by atoms with Crippen molar-refractivity contribution in [2.75, 3.05) is 34.0 Å². The number of carbonyl (C=O) groups excluding carboxylic acids is 5. The second-order valence-electron chi connectivity index (χ2n) is 20.0. The Labute approximate surface area is 383 Å². The van der Waals surface area contributed by atoms with Crippen LogP contribution in [0, 0.1) is 23.7 Å². The van der Waals surface area contributed by atoms with Crippen LogP contribution in [0.2, 0.25) is 0 Å². The molecule has 3 saturated heterocycles. The average Bonchev–Trinajstić information content (AvgIpc) is 3.77. The fraction of sp³-hybridized carbons (Fsp3) is 0.667. The third-order valence-electron chi connectivity index (χ3n) is 13.0. The smallest absolute Gasteiger partial charge is 0.411 e. The van der Waals surface area contributed by atoms with E-state index < -0.39 is 29.7 Å². The SMILES string of the molecule is COC(=O)[C@H](C)CCC[C@H]1[C@@H](Cc2ccccc2)N(C(=O)OC(C)(C)C)CN1[C@@H](CC(C)C)C(=O)[O-].COC(=O)[C@H](C)N1CC[C@H]2[C@H](Cc3ccccc3)CCN2[C@@H](CC(C)C)C1=O. The molecule has 0 N–H and O–H groups in total. The summed E-state index contributed by atoms with van der Waals surface area (Å²) in [6.45, 7) is 19.1. The van der Waals surface area contributed by atoms with Crippen molar-refractivity contribution in [1.29, 1.82) is 0 Å². The molecular formula is C51H77N4O9-. The molecule has 64 heavy (non-hydrogen) atoms. The second kappa shape index (κ2) is 24.2. The fourth-order valence-electron chi connectivity index (χ4n) is 9.85. The maximum absolute atomic E-state index is 13.4. The molecule has 0 unspecified atom stereocenters. The number of fused-ring (bicyclic) bond motifs is 1. The van der Waals surface area contributed by atoms with Crippen molar-refractivity contribution >= 4 is 29.9 Å². The molecule has 0 aromatic heterocycles. The van der Waals surface area contributed by atoms with Gasteiger partial charge in [0, 0.05) is 18.6 Å². The van der Waals surface area contributed by atoms with Gasteiger partial charge in [-0.2, -0.15) is 0 Å². The number of hydrogen-bond donors (Lipinski definition) is 0. The Kier molecular flexibility index (Phi) is 19.7. The molecule has 0 radical (unpaired) electrons. The minimum Gasteiger partial charge on any atom is -0.548 e. The molecule has 0 saturated carbocycles. The maximum Gasteiger partial charge on any atom is 0.411 e. The summed E-state index contributed by atoms with van der Waals surface area (Å²) in [5.41, 5.74) is 1.74. The first-order valence-corrected chi connectivity index (χ1v) is 23.5. The first-order valence-electron chi connectivity index (χ1n) is 23.5. The lowest BCUT2D eigenvalue weighted by Crippen LogP contribution is -2.52. The van der Waals surface area contributed by atoms with Crippen molar-refractivity contribution < 1.29 is 43.3 Å². The van der Waals surface area contributed by atoms with Crippen molar-refractivity contribution in [3.63, 3.8) is 0 Å². The third-order valence-corrected chi connectivity index (χ3v) is 13.0. The molecule has 2 aromatic rings. The van der Waals surface area contributed by atoms with E-state index in [-0.39, 0.29) is 54.5 Å². The van der Waals surface area contributed by atoms with Gasteiger partial charge in [-0.3, -0.25) is 24.3 Å². The number of benzene rings is 2. The normalized spacial score (nSPS) is 23.1. The predicted octanol–water partition coefficient (Wildman–Crippen LogP) is 6.75. The van der Waals surface area contributed by atoms with Crippen LogP contribution >= 0.6 is 0 Å². The number of amides is 2. The summed E-state index contributed by atoms with van der Waals surface area (Å²) >= 11 is 0. The lowest BCUT2D eigenvalue weighted by Gasteiger charge is -2.35. The van der Waals surface area contributed by atoms with Gasteiger partial charge in [0.15, 0.2) is 0 Å². The summed E-state index contributed by atoms with van der Waals surface area (Å²) in [4.78, 5) is 70.9. The molecule has 13 heteroatoms. The summed E-state index contributed by atoms with van der Waals surface area (Å²) in [7, 11) is 2.77. The van der Waals surface area contributed by atoms with E-state index in [4.69, 9.17) is 14.2 Å². The number of hydrogen-bond acceptors (Lipinski definition) is 11. The van der Waals surface area contributed by atoms with Crippen molar-refractivity contribution in [1.82, 2.24) is 19.6 Å². The molecule has 5 rings (SSSR count). The number of ether oxygens (including phenoxy) is 3. The molecule has 3 heterocycles. The number of esters is 2.